The van der Waals surface area contributed by atoms with Gasteiger partial charge in [-0.25, -0.2) is 9.97 Å². The third kappa shape index (κ3) is 4.37. The number of aromatic nitrogens is 4. The third-order valence-corrected chi connectivity index (χ3v) is 12.5. The van der Waals surface area contributed by atoms with Crippen LogP contribution in [0, 0.1) is 0 Å². The van der Waals surface area contributed by atoms with Gasteiger partial charge in [-0.05, 0) is 52.7 Å². The lowest BCUT2D eigenvalue weighted by Gasteiger charge is -2.46. The van der Waals surface area contributed by atoms with Crippen LogP contribution in [0.25, 0.3) is 11.2 Å². The van der Waals surface area contributed by atoms with Crippen LogP contribution >= 0.6 is 11.6 Å². The summed E-state index contributed by atoms with van der Waals surface area (Å²) in [6.07, 6.45) is 5.60. The second kappa shape index (κ2) is 9.37. The third-order valence-electron chi connectivity index (χ3n) is 7.20. The Kier molecular flexibility index (Phi) is 6.42. The molecule has 6 nitrogen and oxygen atoms in total. The van der Waals surface area contributed by atoms with Crippen molar-refractivity contribution in [2.45, 2.75) is 63.6 Å². The average Bonchev–Trinajstić information content (AvgIpc) is 3.18. The second-order valence-electron chi connectivity index (χ2n) is 10.4. The van der Waals surface area contributed by atoms with Gasteiger partial charge >= 0.3 is 0 Å². The molecule has 1 aliphatic carbocycles. The SMILES string of the molecule is CC(C)(C)[Si](OC1CCC(n2c(N)nc3cnc(Cl)nc32)CC1)(c1ccccc1)c1ccccc1. The maximum absolute atomic E-state index is 7.35. The maximum Gasteiger partial charge on any atom is 0.261 e. The van der Waals surface area contributed by atoms with Crippen molar-refractivity contribution < 1.29 is 4.43 Å². The molecule has 8 heteroatoms. The molecule has 2 aromatic carbocycles. The van der Waals surface area contributed by atoms with Gasteiger partial charge in [-0.3, -0.25) is 4.57 Å². The molecule has 1 fully saturated rings. The number of benzene rings is 2. The van der Waals surface area contributed by atoms with Gasteiger partial charge in [-0.2, -0.15) is 4.98 Å². The molecule has 0 spiro atoms. The zero-order valence-electron chi connectivity index (χ0n) is 20.5. The van der Waals surface area contributed by atoms with Crippen LogP contribution in [-0.2, 0) is 4.43 Å². The minimum absolute atomic E-state index is 0.0365. The summed E-state index contributed by atoms with van der Waals surface area (Å²) >= 11 is 6.07. The van der Waals surface area contributed by atoms with E-state index < -0.39 is 8.32 Å². The zero-order chi connectivity index (χ0) is 24.6. The van der Waals surface area contributed by atoms with E-state index in [-0.39, 0.29) is 22.5 Å². The van der Waals surface area contributed by atoms with Gasteiger partial charge < -0.3 is 10.2 Å². The quantitative estimate of drug-likeness (QED) is 0.301. The van der Waals surface area contributed by atoms with E-state index in [0.29, 0.717) is 17.1 Å². The lowest BCUT2D eigenvalue weighted by atomic mass is 9.93. The first-order chi connectivity index (χ1) is 16.8. The molecule has 0 radical (unpaired) electrons. The molecule has 0 bridgehead atoms. The van der Waals surface area contributed by atoms with Gasteiger partial charge in [0.1, 0.15) is 5.52 Å². The summed E-state index contributed by atoms with van der Waals surface area (Å²) < 4.78 is 9.38. The first-order valence-corrected chi connectivity index (χ1v) is 14.5. The molecule has 1 saturated carbocycles. The fraction of sp³-hybridized carbons (Fsp3) is 0.370. The number of rotatable bonds is 5. The molecular weight excluding hydrogens is 474 g/mol. The molecule has 35 heavy (non-hydrogen) atoms. The van der Waals surface area contributed by atoms with Gasteiger partial charge in [-0.1, -0.05) is 81.4 Å². The van der Waals surface area contributed by atoms with Gasteiger partial charge in [0, 0.05) is 12.1 Å². The average molecular weight is 506 g/mol. The molecule has 2 aromatic heterocycles. The van der Waals surface area contributed by atoms with E-state index in [4.69, 9.17) is 21.8 Å². The Morgan fingerprint density at radius 3 is 2.03 bits per heavy atom. The van der Waals surface area contributed by atoms with E-state index in [1.54, 1.807) is 6.20 Å². The topological polar surface area (TPSA) is 78.9 Å². The van der Waals surface area contributed by atoms with Gasteiger partial charge in [0.2, 0.25) is 11.2 Å². The largest absolute Gasteiger partial charge is 0.404 e. The van der Waals surface area contributed by atoms with E-state index in [1.165, 1.54) is 10.4 Å². The molecule has 0 aliphatic heterocycles. The van der Waals surface area contributed by atoms with Crippen LogP contribution in [-0.4, -0.2) is 33.9 Å². The van der Waals surface area contributed by atoms with Crippen molar-refractivity contribution in [1.82, 2.24) is 19.5 Å². The van der Waals surface area contributed by atoms with Crippen molar-refractivity contribution in [2.24, 2.45) is 0 Å². The smallest absolute Gasteiger partial charge is 0.261 e. The number of fused-ring (bicyclic) bond motifs is 1. The van der Waals surface area contributed by atoms with Crippen molar-refractivity contribution in [3.05, 3.63) is 72.1 Å². The van der Waals surface area contributed by atoms with E-state index in [9.17, 15) is 0 Å². The van der Waals surface area contributed by atoms with E-state index in [1.807, 2.05) is 4.57 Å². The minimum Gasteiger partial charge on any atom is -0.404 e. The van der Waals surface area contributed by atoms with Gasteiger partial charge in [0.25, 0.3) is 8.32 Å². The molecule has 182 valence electrons. The van der Waals surface area contributed by atoms with E-state index in [2.05, 4.69) is 96.4 Å². The molecule has 2 N–H and O–H groups in total. The summed E-state index contributed by atoms with van der Waals surface area (Å²) in [6.45, 7) is 6.98. The fourth-order valence-corrected chi connectivity index (χ4v) is 10.5. The normalized spacial score (nSPS) is 19.2. The van der Waals surface area contributed by atoms with Crippen molar-refractivity contribution in [3.63, 3.8) is 0 Å². The van der Waals surface area contributed by atoms with Crippen molar-refractivity contribution >= 4 is 47.4 Å². The molecule has 5 rings (SSSR count). The molecule has 0 unspecified atom stereocenters. The molecule has 0 amide bonds. The summed E-state index contributed by atoms with van der Waals surface area (Å²) in [5, 5.41) is 2.81. The number of hydrogen-bond acceptors (Lipinski definition) is 5. The summed E-state index contributed by atoms with van der Waals surface area (Å²) in [5.41, 5.74) is 7.68. The van der Waals surface area contributed by atoms with Gasteiger partial charge in [-0.15, -0.1) is 0 Å². The van der Waals surface area contributed by atoms with Gasteiger partial charge in [0.15, 0.2) is 5.65 Å². The van der Waals surface area contributed by atoms with Crippen LogP contribution in [0.15, 0.2) is 66.9 Å². The molecule has 0 saturated heterocycles. The predicted octanol–water partition coefficient (Wildman–Crippen LogP) is 5.12. The van der Waals surface area contributed by atoms with Crippen LogP contribution in [0.3, 0.4) is 0 Å². The van der Waals surface area contributed by atoms with E-state index >= 15 is 0 Å². The highest BCUT2D eigenvalue weighted by molar-refractivity contribution is 6.99. The first kappa shape index (κ1) is 24.0. The number of anilines is 1. The Balaban J connectivity index is 1.45. The summed E-state index contributed by atoms with van der Waals surface area (Å²) in [5.74, 6) is 0.466. The monoisotopic (exact) mass is 505 g/mol. The highest BCUT2D eigenvalue weighted by Crippen LogP contribution is 2.41. The summed E-state index contributed by atoms with van der Waals surface area (Å²) in [4.78, 5) is 12.9. The van der Waals surface area contributed by atoms with Crippen LogP contribution in [0.1, 0.15) is 52.5 Å². The second-order valence-corrected chi connectivity index (χ2v) is 15.0. The van der Waals surface area contributed by atoms with Crippen LogP contribution < -0.4 is 16.1 Å². The number of halogens is 1. The number of nitrogens with zero attached hydrogens (tertiary/aromatic N) is 4. The highest BCUT2D eigenvalue weighted by atomic mass is 35.5. The number of nitrogen functional groups attached to an aromatic ring is 1. The number of nitrogens with two attached hydrogens (primary N) is 1. The van der Waals surface area contributed by atoms with Crippen LogP contribution in [0.5, 0.6) is 0 Å². The zero-order valence-corrected chi connectivity index (χ0v) is 22.2. The van der Waals surface area contributed by atoms with Crippen LogP contribution in [0.2, 0.25) is 10.3 Å². The standard InChI is InChI=1S/C27H32ClN5OSi/c1-27(2,3)35(21-10-6-4-7-11-21,22-12-8-5-9-13-22)34-20-16-14-19(15-17-20)33-24-23(31-26(33)29)18-30-25(28)32-24/h4-13,18-20H,14-17H2,1-3H3,(H2,29,31). The van der Waals surface area contributed by atoms with Crippen LogP contribution in [0.4, 0.5) is 5.95 Å². The lowest BCUT2D eigenvalue weighted by Crippen LogP contribution is -2.67. The van der Waals surface area contributed by atoms with Gasteiger partial charge in [0.05, 0.1) is 6.20 Å². The Bertz CT molecular complexity index is 1260. The number of imidazole rings is 1. The van der Waals surface area contributed by atoms with Crippen molar-refractivity contribution in [1.29, 1.82) is 0 Å². The molecule has 0 atom stereocenters. The fourth-order valence-electron chi connectivity index (χ4n) is 5.61. The Morgan fingerprint density at radius 1 is 0.914 bits per heavy atom. The molecule has 1 aliphatic rings. The number of hydrogen-bond donors (Lipinski definition) is 1. The molecule has 4 aromatic rings. The predicted molar refractivity (Wildman–Crippen MR) is 145 cm³/mol. The Hall–Kier alpha value is -2.74. The minimum atomic E-state index is -2.57. The Morgan fingerprint density at radius 2 is 1.49 bits per heavy atom. The Labute approximate surface area is 212 Å². The molecular formula is C27H32ClN5OSi. The highest BCUT2D eigenvalue weighted by Gasteiger charge is 2.51. The molecule has 2 heterocycles. The van der Waals surface area contributed by atoms with E-state index in [0.717, 1.165) is 25.7 Å². The maximum atomic E-state index is 7.35. The lowest BCUT2D eigenvalue weighted by molar-refractivity contribution is 0.124. The van der Waals surface area contributed by atoms with Crippen molar-refractivity contribution in [3.8, 4) is 0 Å². The van der Waals surface area contributed by atoms with Crippen molar-refractivity contribution in [2.75, 3.05) is 5.73 Å². The summed E-state index contributed by atoms with van der Waals surface area (Å²) in [7, 11) is -2.57. The summed E-state index contributed by atoms with van der Waals surface area (Å²) in [6, 6.07) is 21.9. The first-order valence-electron chi connectivity index (χ1n) is 12.2.